The van der Waals surface area contributed by atoms with E-state index in [0.29, 0.717) is 23.4 Å². The number of aromatic nitrogens is 3. The van der Waals surface area contributed by atoms with Crippen LogP contribution in [0.15, 0.2) is 67.0 Å². The molecule has 5 rings (SSSR count). The van der Waals surface area contributed by atoms with Gasteiger partial charge in [-0.05, 0) is 49.2 Å². The van der Waals surface area contributed by atoms with Crippen LogP contribution < -0.4 is 20.1 Å². The van der Waals surface area contributed by atoms with Gasteiger partial charge in [-0.25, -0.2) is 36.9 Å². The number of hydrogen-bond acceptors (Lipinski definition) is 8. The number of anilines is 1. The minimum Gasteiger partial charge on any atom is -0.435 e. The Morgan fingerprint density at radius 2 is 1.86 bits per heavy atom. The summed E-state index contributed by atoms with van der Waals surface area (Å²) in [5.74, 6) is -2.77. The van der Waals surface area contributed by atoms with Crippen molar-refractivity contribution < 1.29 is 26.3 Å². The van der Waals surface area contributed by atoms with Crippen molar-refractivity contribution in [2.24, 2.45) is 0 Å². The van der Waals surface area contributed by atoms with Gasteiger partial charge in [0.05, 0.1) is 17.3 Å². The molecule has 1 saturated heterocycles. The molecular formula is C29H29F3N6O3S. The number of aryl methyl sites for hydroxylation is 1. The van der Waals surface area contributed by atoms with Gasteiger partial charge in [0.15, 0.2) is 11.6 Å². The molecule has 3 atom stereocenters. The minimum atomic E-state index is -3.13. The highest BCUT2D eigenvalue weighted by molar-refractivity contribution is 7.70. The first-order chi connectivity index (χ1) is 20.1. The molecule has 0 amide bonds. The van der Waals surface area contributed by atoms with E-state index in [4.69, 9.17) is 4.74 Å². The van der Waals surface area contributed by atoms with Crippen molar-refractivity contribution >= 4 is 16.8 Å². The van der Waals surface area contributed by atoms with Gasteiger partial charge in [-0.15, -0.1) is 0 Å². The lowest BCUT2D eigenvalue weighted by atomic mass is 9.94. The highest BCUT2D eigenvalue weighted by atomic mass is 32.2. The van der Waals surface area contributed by atoms with Crippen LogP contribution in [0.2, 0.25) is 0 Å². The molecule has 42 heavy (non-hydrogen) atoms. The number of benzene rings is 2. The summed E-state index contributed by atoms with van der Waals surface area (Å²) in [6, 6.07) is 13.1. The molecule has 2 aromatic carbocycles. The van der Waals surface area contributed by atoms with Crippen LogP contribution in [0.4, 0.5) is 19.1 Å². The third-order valence-electron chi connectivity index (χ3n) is 6.87. The largest absolute Gasteiger partial charge is 0.435 e. The smallest absolute Gasteiger partial charge is 0.228 e. The maximum atomic E-state index is 15.6. The maximum Gasteiger partial charge on any atom is 0.228 e. The standard InChI is InChI=1S/C29H29F3N6O3S/c1-17-13-22(24(30)25(31)23(17)26(38-42(39)40)18-7-4-3-5-8-18)41-27-20(9-6-11-34-27)21-10-12-35-28(37-21)36-19-14-29(2,32)16-33-15-19/h3-13,19,26,33,42H,14-16H2,1-2H3,(H,35,36,37)(H,38,39,40)/t19-,26?,29-/m0/s1. The van der Waals surface area contributed by atoms with Gasteiger partial charge in [-0.3, -0.25) is 0 Å². The molecule has 1 aliphatic heterocycles. The molecule has 3 N–H and O–H groups in total. The second-order valence-electron chi connectivity index (χ2n) is 10.3. The molecule has 3 heterocycles. The van der Waals surface area contributed by atoms with Crippen LogP contribution in [0.5, 0.6) is 11.6 Å². The summed E-state index contributed by atoms with van der Waals surface area (Å²) >= 11 is 0. The van der Waals surface area contributed by atoms with E-state index in [1.807, 2.05) is 0 Å². The molecule has 13 heteroatoms. The van der Waals surface area contributed by atoms with Crippen LogP contribution in [-0.4, -0.2) is 48.2 Å². The van der Waals surface area contributed by atoms with Gasteiger partial charge in [0, 0.05) is 43.5 Å². The third kappa shape index (κ3) is 6.69. The normalized spacial score (nSPS) is 19.4. The summed E-state index contributed by atoms with van der Waals surface area (Å²) in [6.07, 6.45) is 3.23. The van der Waals surface area contributed by atoms with Gasteiger partial charge in [0.2, 0.25) is 28.5 Å². The van der Waals surface area contributed by atoms with Crippen molar-refractivity contribution in [2.75, 3.05) is 18.4 Å². The number of rotatable bonds is 9. The van der Waals surface area contributed by atoms with E-state index in [1.54, 1.807) is 48.5 Å². The van der Waals surface area contributed by atoms with Gasteiger partial charge < -0.3 is 15.4 Å². The summed E-state index contributed by atoms with van der Waals surface area (Å²) in [5, 5.41) is 6.19. The number of piperidine rings is 1. The summed E-state index contributed by atoms with van der Waals surface area (Å²) in [4.78, 5) is 13.0. The van der Waals surface area contributed by atoms with Gasteiger partial charge >= 0.3 is 0 Å². The number of halogens is 3. The van der Waals surface area contributed by atoms with E-state index in [1.165, 1.54) is 32.3 Å². The Bertz CT molecular complexity index is 1650. The van der Waals surface area contributed by atoms with Gasteiger partial charge in [0.25, 0.3) is 0 Å². The number of alkyl halides is 1. The molecule has 4 aromatic rings. The van der Waals surface area contributed by atoms with Crippen LogP contribution in [0.3, 0.4) is 0 Å². The molecule has 220 valence electrons. The van der Waals surface area contributed by atoms with Crippen molar-refractivity contribution in [2.45, 2.75) is 38.0 Å². The van der Waals surface area contributed by atoms with E-state index in [-0.39, 0.29) is 42.0 Å². The van der Waals surface area contributed by atoms with Crippen LogP contribution in [0.1, 0.15) is 36.1 Å². The molecule has 1 fully saturated rings. The van der Waals surface area contributed by atoms with E-state index in [9.17, 15) is 12.8 Å². The highest BCUT2D eigenvalue weighted by Crippen LogP contribution is 2.37. The first kappa shape index (κ1) is 29.4. The predicted octanol–water partition coefficient (Wildman–Crippen LogP) is 4.62. The number of thiol groups is 1. The van der Waals surface area contributed by atoms with Crippen molar-refractivity contribution in [3.8, 4) is 22.9 Å². The molecule has 9 nitrogen and oxygen atoms in total. The maximum absolute atomic E-state index is 15.6. The average Bonchev–Trinajstić information content (AvgIpc) is 2.95. The molecular weight excluding hydrogens is 569 g/mol. The number of pyridine rings is 1. The lowest BCUT2D eigenvalue weighted by Crippen LogP contribution is -2.50. The Morgan fingerprint density at radius 1 is 1.07 bits per heavy atom. The minimum absolute atomic E-state index is 0.0383. The van der Waals surface area contributed by atoms with Gasteiger partial charge in [-0.1, -0.05) is 30.3 Å². The molecule has 0 aliphatic carbocycles. The highest BCUT2D eigenvalue weighted by Gasteiger charge is 2.32. The lowest BCUT2D eigenvalue weighted by molar-refractivity contribution is 0.137. The zero-order chi connectivity index (χ0) is 29.9. The van der Waals surface area contributed by atoms with E-state index >= 15 is 8.78 Å². The number of nitrogens with one attached hydrogen (secondary N) is 3. The van der Waals surface area contributed by atoms with Gasteiger partial charge in [-0.2, -0.15) is 4.39 Å². The quantitative estimate of drug-likeness (QED) is 0.206. The Hall–Kier alpha value is -4.07. The fraction of sp³-hybridized carbons (Fsp3) is 0.276. The molecule has 0 bridgehead atoms. The van der Waals surface area contributed by atoms with Crippen molar-refractivity contribution in [1.29, 1.82) is 0 Å². The average molecular weight is 599 g/mol. The molecule has 1 aliphatic rings. The van der Waals surface area contributed by atoms with E-state index in [0.717, 1.165) is 0 Å². The second kappa shape index (κ2) is 12.4. The fourth-order valence-corrected chi connectivity index (χ4v) is 5.51. The van der Waals surface area contributed by atoms with Crippen LogP contribution >= 0.6 is 0 Å². The first-order valence-corrected chi connectivity index (χ1v) is 14.4. The van der Waals surface area contributed by atoms with Crippen molar-refractivity contribution in [1.82, 2.24) is 25.0 Å². The van der Waals surface area contributed by atoms with Crippen molar-refractivity contribution in [3.63, 3.8) is 0 Å². The summed E-state index contributed by atoms with van der Waals surface area (Å²) in [5.41, 5.74) is -0.0620. The van der Waals surface area contributed by atoms with Gasteiger partial charge in [0.1, 0.15) is 5.67 Å². The molecule has 1 unspecified atom stereocenters. The molecule has 0 radical (unpaired) electrons. The molecule has 0 saturated carbocycles. The second-order valence-corrected chi connectivity index (χ2v) is 11.0. The Labute approximate surface area is 242 Å². The molecule has 0 spiro atoms. The summed E-state index contributed by atoms with van der Waals surface area (Å²) in [6.45, 7) is 3.87. The predicted molar refractivity (Wildman–Crippen MR) is 153 cm³/mol. The number of hydrogen-bond donors (Lipinski definition) is 4. The summed E-state index contributed by atoms with van der Waals surface area (Å²) in [7, 11) is -3.13. The Balaban J connectivity index is 1.45. The number of ether oxygens (including phenoxy) is 1. The number of nitrogens with zero attached hydrogens (tertiary/aromatic N) is 3. The van der Waals surface area contributed by atoms with E-state index in [2.05, 4.69) is 30.3 Å². The fourth-order valence-electron chi connectivity index (χ4n) is 5.02. The van der Waals surface area contributed by atoms with E-state index < -0.39 is 40.0 Å². The molecule has 2 aromatic heterocycles. The zero-order valence-corrected chi connectivity index (χ0v) is 23.7. The zero-order valence-electron chi connectivity index (χ0n) is 22.8. The Morgan fingerprint density at radius 3 is 2.60 bits per heavy atom. The van der Waals surface area contributed by atoms with Crippen LogP contribution in [0, 0.1) is 18.6 Å². The van der Waals surface area contributed by atoms with Crippen LogP contribution in [0.25, 0.3) is 11.3 Å². The van der Waals surface area contributed by atoms with Crippen LogP contribution in [-0.2, 0) is 10.9 Å². The third-order valence-corrected chi connectivity index (χ3v) is 7.34. The lowest BCUT2D eigenvalue weighted by Gasteiger charge is -2.33. The Kier molecular flexibility index (Phi) is 8.71. The first-order valence-electron chi connectivity index (χ1n) is 13.2. The SMILES string of the molecule is Cc1cc(Oc2ncccc2-c2ccnc(N[C@@H]3CNC[C@@](C)(F)C3)n2)c(F)c(F)c1C(N[SH](=O)=O)c1ccccc1. The van der Waals surface area contributed by atoms with Crippen molar-refractivity contribution in [3.05, 3.63) is 95.3 Å². The topological polar surface area (TPSA) is 118 Å². The monoisotopic (exact) mass is 598 g/mol. The summed E-state index contributed by atoms with van der Waals surface area (Å²) < 4.78 is 76.7.